The van der Waals surface area contributed by atoms with Gasteiger partial charge in [-0.25, -0.2) is 19.9 Å². The van der Waals surface area contributed by atoms with Gasteiger partial charge in [-0.15, -0.1) is 0 Å². The molecule has 3 aromatic heterocycles. The van der Waals surface area contributed by atoms with E-state index >= 15 is 0 Å². The molecule has 1 saturated carbocycles. The summed E-state index contributed by atoms with van der Waals surface area (Å²) in [5.41, 5.74) is 3.09. The highest BCUT2D eigenvalue weighted by molar-refractivity contribution is 5.99. The van der Waals surface area contributed by atoms with Crippen molar-refractivity contribution in [2.24, 2.45) is 5.92 Å². The van der Waals surface area contributed by atoms with Crippen molar-refractivity contribution in [2.45, 2.75) is 45.2 Å². The molecule has 0 unspecified atom stereocenters. The van der Waals surface area contributed by atoms with Crippen LogP contribution in [0.15, 0.2) is 48.9 Å². The van der Waals surface area contributed by atoms with E-state index in [0.717, 1.165) is 42.9 Å². The monoisotopic (exact) mass is 414 g/mol. The van der Waals surface area contributed by atoms with Crippen LogP contribution in [0.2, 0.25) is 0 Å². The normalized spacial score (nSPS) is 22.4. The van der Waals surface area contributed by atoms with Gasteiger partial charge in [-0.3, -0.25) is 4.79 Å². The van der Waals surface area contributed by atoms with E-state index in [1.165, 1.54) is 0 Å². The number of fused-ring (bicyclic) bond motifs is 3. The fraction of sp³-hybridized carbons (Fsp3) is 0.375. The van der Waals surface area contributed by atoms with Gasteiger partial charge >= 0.3 is 0 Å². The first-order valence-electron chi connectivity index (χ1n) is 10.8. The van der Waals surface area contributed by atoms with Crippen molar-refractivity contribution in [1.29, 1.82) is 0 Å². The lowest BCUT2D eigenvalue weighted by Gasteiger charge is -2.50. The van der Waals surface area contributed by atoms with Crippen LogP contribution in [0, 0.1) is 19.8 Å². The molecule has 158 valence electrons. The van der Waals surface area contributed by atoms with E-state index in [1.807, 2.05) is 43.1 Å². The second-order valence-corrected chi connectivity index (χ2v) is 8.60. The number of anilines is 1. The maximum absolute atomic E-state index is 13.7. The van der Waals surface area contributed by atoms with Crippen molar-refractivity contribution < 1.29 is 4.79 Å². The van der Waals surface area contributed by atoms with Gasteiger partial charge in [0.1, 0.15) is 11.5 Å². The molecule has 3 aromatic rings. The number of nitrogens with one attached hydrogen (secondary N) is 1. The fourth-order valence-electron chi connectivity index (χ4n) is 4.80. The molecule has 2 bridgehead atoms. The lowest BCUT2D eigenvalue weighted by atomic mass is 9.76. The summed E-state index contributed by atoms with van der Waals surface area (Å²) in [6, 6.07) is 9.91. The van der Waals surface area contributed by atoms with Crippen LogP contribution in [-0.2, 0) is 0 Å². The molecule has 7 heteroatoms. The van der Waals surface area contributed by atoms with Crippen LogP contribution < -0.4 is 5.32 Å². The summed E-state index contributed by atoms with van der Waals surface area (Å²) in [7, 11) is 0. The summed E-state index contributed by atoms with van der Waals surface area (Å²) in [6.07, 6.45) is 8.45. The van der Waals surface area contributed by atoms with Gasteiger partial charge in [0.25, 0.3) is 5.91 Å². The summed E-state index contributed by atoms with van der Waals surface area (Å²) in [6.45, 7) is 4.73. The minimum absolute atomic E-state index is 0.00742. The number of aromatic nitrogens is 4. The highest BCUT2D eigenvalue weighted by Crippen LogP contribution is 2.38. The van der Waals surface area contributed by atoms with E-state index < -0.39 is 0 Å². The molecule has 0 spiro atoms. The van der Waals surface area contributed by atoms with Crippen LogP contribution in [0.3, 0.4) is 0 Å². The second kappa shape index (κ2) is 8.06. The molecule has 3 atom stereocenters. The van der Waals surface area contributed by atoms with Crippen LogP contribution in [-0.4, -0.2) is 49.4 Å². The minimum atomic E-state index is 0.00742. The number of carbonyl (C=O) groups excluding carboxylic acids is 1. The zero-order valence-corrected chi connectivity index (χ0v) is 17.8. The lowest BCUT2D eigenvalue weighted by molar-refractivity contribution is 0.0282. The highest BCUT2D eigenvalue weighted by atomic mass is 16.2. The van der Waals surface area contributed by atoms with E-state index in [1.54, 1.807) is 18.5 Å². The predicted octanol–water partition coefficient (Wildman–Crippen LogP) is 3.66. The summed E-state index contributed by atoms with van der Waals surface area (Å²) in [5, 5.41) is 3.59. The van der Waals surface area contributed by atoms with Gasteiger partial charge in [0, 0.05) is 36.9 Å². The molecule has 1 amide bonds. The van der Waals surface area contributed by atoms with Crippen LogP contribution >= 0.6 is 0 Å². The van der Waals surface area contributed by atoms with Gasteiger partial charge in [0.2, 0.25) is 0 Å². The molecular weight excluding hydrogens is 388 g/mol. The Labute approximate surface area is 182 Å². The number of hydrogen-bond acceptors (Lipinski definition) is 6. The average Bonchev–Trinajstić information content (AvgIpc) is 2.81. The second-order valence-electron chi connectivity index (χ2n) is 8.60. The molecule has 31 heavy (non-hydrogen) atoms. The van der Waals surface area contributed by atoms with Crippen LogP contribution in [0.5, 0.6) is 0 Å². The van der Waals surface area contributed by atoms with Gasteiger partial charge in [-0.2, -0.15) is 0 Å². The number of hydrogen-bond donors (Lipinski definition) is 1. The molecule has 5 heterocycles. The SMILES string of the molecule is Cc1ccc(N[C@@H]2C[C@@H]3CC[C@@H]2N(C(=O)c2ccc(C)nc2-c2ncccn2)C3)nc1. The van der Waals surface area contributed by atoms with E-state index in [-0.39, 0.29) is 18.0 Å². The topological polar surface area (TPSA) is 83.9 Å². The Morgan fingerprint density at radius 3 is 2.65 bits per heavy atom. The molecule has 3 aliphatic rings. The minimum Gasteiger partial charge on any atom is -0.365 e. The molecule has 1 aliphatic carbocycles. The number of aryl methyl sites for hydroxylation is 2. The summed E-state index contributed by atoms with van der Waals surface area (Å²) in [5.74, 6) is 1.85. The number of amides is 1. The van der Waals surface area contributed by atoms with Crippen molar-refractivity contribution in [1.82, 2.24) is 24.8 Å². The van der Waals surface area contributed by atoms with Gasteiger partial charge in [-0.1, -0.05) is 6.07 Å². The van der Waals surface area contributed by atoms with Gasteiger partial charge < -0.3 is 10.2 Å². The molecule has 0 radical (unpaired) electrons. The predicted molar refractivity (Wildman–Crippen MR) is 119 cm³/mol. The van der Waals surface area contributed by atoms with Crippen LogP contribution in [0.4, 0.5) is 5.82 Å². The summed E-state index contributed by atoms with van der Waals surface area (Å²) in [4.78, 5) is 33.6. The van der Waals surface area contributed by atoms with E-state index in [4.69, 9.17) is 0 Å². The Bertz CT molecular complexity index is 1080. The lowest BCUT2D eigenvalue weighted by Crippen LogP contribution is -2.59. The van der Waals surface area contributed by atoms with Crippen molar-refractivity contribution in [3.63, 3.8) is 0 Å². The molecule has 2 saturated heterocycles. The summed E-state index contributed by atoms with van der Waals surface area (Å²) < 4.78 is 0. The number of piperidine rings is 2. The Hall–Kier alpha value is -3.35. The van der Waals surface area contributed by atoms with E-state index in [9.17, 15) is 4.79 Å². The van der Waals surface area contributed by atoms with Crippen molar-refractivity contribution in [2.75, 3.05) is 11.9 Å². The number of rotatable bonds is 4. The van der Waals surface area contributed by atoms with Crippen molar-refractivity contribution >= 4 is 11.7 Å². The van der Waals surface area contributed by atoms with E-state index in [0.29, 0.717) is 23.0 Å². The van der Waals surface area contributed by atoms with E-state index in [2.05, 4.69) is 31.3 Å². The number of pyridine rings is 2. The first-order chi connectivity index (χ1) is 15.1. The third-order valence-electron chi connectivity index (χ3n) is 6.33. The summed E-state index contributed by atoms with van der Waals surface area (Å²) >= 11 is 0. The zero-order valence-electron chi connectivity index (χ0n) is 17.8. The molecule has 0 aromatic carbocycles. The first kappa shape index (κ1) is 19.6. The average molecular weight is 415 g/mol. The third-order valence-corrected chi connectivity index (χ3v) is 6.33. The smallest absolute Gasteiger partial charge is 0.256 e. The van der Waals surface area contributed by atoms with Gasteiger partial charge in [-0.05, 0) is 68.9 Å². The van der Waals surface area contributed by atoms with Gasteiger partial charge in [0.05, 0.1) is 11.6 Å². The number of nitrogens with zero attached hydrogens (tertiary/aromatic N) is 5. The Morgan fingerprint density at radius 1 is 1.06 bits per heavy atom. The Kier molecular flexibility index (Phi) is 5.10. The standard InChI is InChI=1S/C24H26N6O/c1-15-4-9-21(27-13-15)29-19-12-17-6-8-20(19)30(14-17)24(31)18-7-5-16(2)28-22(18)23-25-10-3-11-26-23/h3-5,7,9-11,13,17,19-20H,6,8,12,14H2,1-2H3,(H,27,29)/t17-,19+,20-/m0/s1. The van der Waals surface area contributed by atoms with Crippen LogP contribution in [0.25, 0.3) is 11.5 Å². The van der Waals surface area contributed by atoms with Crippen LogP contribution in [0.1, 0.15) is 40.9 Å². The molecule has 1 N–H and O–H groups in total. The fourth-order valence-corrected chi connectivity index (χ4v) is 4.80. The van der Waals surface area contributed by atoms with Gasteiger partial charge in [0.15, 0.2) is 5.82 Å². The Morgan fingerprint density at radius 2 is 1.90 bits per heavy atom. The molecule has 2 aliphatic heterocycles. The zero-order chi connectivity index (χ0) is 21.4. The first-order valence-corrected chi connectivity index (χ1v) is 10.8. The third kappa shape index (κ3) is 3.87. The molecule has 6 rings (SSSR count). The maximum Gasteiger partial charge on any atom is 0.256 e. The largest absolute Gasteiger partial charge is 0.365 e. The Balaban J connectivity index is 1.44. The van der Waals surface area contributed by atoms with Crippen molar-refractivity contribution in [3.05, 3.63) is 65.7 Å². The molecule has 7 nitrogen and oxygen atoms in total. The maximum atomic E-state index is 13.7. The quantitative estimate of drug-likeness (QED) is 0.701. The molecular formula is C24H26N6O. The van der Waals surface area contributed by atoms with Crippen molar-refractivity contribution in [3.8, 4) is 11.5 Å². The number of carbonyl (C=O) groups is 1. The molecule has 3 fully saturated rings. The highest BCUT2D eigenvalue weighted by Gasteiger charge is 2.43.